The lowest BCUT2D eigenvalue weighted by Crippen LogP contribution is -2.47. The maximum Gasteiger partial charge on any atom is 0.242 e. The summed E-state index contributed by atoms with van der Waals surface area (Å²) in [5.74, 6) is 0. The number of methoxy groups -OCH3 is 1. The summed E-state index contributed by atoms with van der Waals surface area (Å²) in [5.41, 5.74) is 5.97. The number of rotatable bonds is 5. The summed E-state index contributed by atoms with van der Waals surface area (Å²) in [6.07, 6.45) is 1.43. The molecule has 0 bridgehead atoms. The molecule has 112 valence electrons. The lowest BCUT2D eigenvalue weighted by molar-refractivity contribution is 0.0236. The Hall–Kier alpha value is -0.370. The highest BCUT2D eigenvalue weighted by Crippen LogP contribution is 2.32. The normalized spacial score (nSPS) is 22.6. The summed E-state index contributed by atoms with van der Waals surface area (Å²) in [7, 11) is -2.07. The third kappa shape index (κ3) is 3.10. The highest BCUT2D eigenvalue weighted by molar-refractivity contribution is 7.89. The predicted octanol–water partition coefficient (Wildman–Crippen LogP) is 1.91. The quantitative estimate of drug-likeness (QED) is 0.859. The minimum Gasteiger partial charge on any atom is -0.381 e. The van der Waals surface area contributed by atoms with E-state index in [-0.39, 0.29) is 28.6 Å². The minimum absolute atomic E-state index is 0.00452. The van der Waals surface area contributed by atoms with Gasteiger partial charge in [-0.2, -0.15) is 0 Å². The zero-order valence-corrected chi connectivity index (χ0v) is 13.2. The molecule has 1 aromatic rings. The van der Waals surface area contributed by atoms with Gasteiger partial charge < -0.3 is 10.5 Å². The van der Waals surface area contributed by atoms with Crippen LogP contribution in [0.3, 0.4) is 0 Å². The molecule has 0 amide bonds. The summed E-state index contributed by atoms with van der Waals surface area (Å²) in [4.78, 5) is 0.00452. The van der Waals surface area contributed by atoms with Crippen molar-refractivity contribution >= 4 is 33.2 Å². The second-order valence-corrected chi connectivity index (χ2v) is 7.16. The first kappa shape index (κ1) is 16.0. The summed E-state index contributed by atoms with van der Waals surface area (Å²) in [6.45, 7) is 0.0796. The molecule has 0 spiro atoms. The van der Waals surface area contributed by atoms with Gasteiger partial charge in [0.1, 0.15) is 4.90 Å². The number of ether oxygens (including phenoxy) is 1. The van der Waals surface area contributed by atoms with Crippen LogP contribution in [0.2, 0.25) is 10.0 Å². The van der Waals surface area contributed by atoms with E-state index in [0.717, 1.165) is 0 Å². The molecule has 0 atom stereocenters. The molecule has 0 saturated heterocycles. The van der Waals surface area contributed by atoms with E-state index in [2.05, 4.69) is 4.72 Å². The Bertz CT molecular complexity index is 601. The monoisotopic (exact) mass is 338 g/mol. The van der Waals surface area contributed by atoms with E-state index < -0.39 is 10.0 Å². The van der Waals surface area contributed by atoms with Gasteiger partial charge in [0.25, 0.3) is 0 Å². The average molecular weight is 339 g/mol. The van der Waals surface area contributed by atoms with Crippen molar-refractivity contribution in [2.75, 3.05) is 7.11 Å². The van der Waals surface area contributed by atoms with Crippen LogP contribution in [-0.4, -0.2) is 27.7 Å². The Morgan fingerprint density at radius 3 is 2.60 bits per heavy atom. The Morgan fingerprint density at radius 1 is 1.40 bits per heavy atom. The summed E-state index contributed by atoms with van der Waals surface area (Å²) < 4.78 is 32.3. The predicted molar refractivity (Wildman–Crippen MR) is 78.5 cm³/mol. The van der Waals surface area contributed by atoms with Crippen molar-refractivity contribution in [3.63, 3.8) is 0 Å². The van der Waals surface area contributed by atoms with Crippen molar-refractivity contribution < 1.29 is 13.2 Å². The molecule has 1 aromatic carbocycles. The van der Waals surface area contributed by atoms with Gasteiger partial charge in [-0.25, -0.2) is 13.1 Å². The second kappa shape index (κ2) is 6.17. The van der Waals surface area contributed by atoms with E-state index in [9.17, 15) is 8.42 Å². The zero-order chi connectivity index (χ0) is 14.9. The minimum atomic E-state index is -3.68. The Balaban J connectivity index is 2.22. The maximum absolute atomic E-state index is 12.3. The summed E-state index contributed by atoms with van der Waals surface area (Å²) in [5, 5.41) is 0.439. The molecule has 5 nitrogen and oxygen atoms in total. The fraction of sp³-hybridized carbons (Fsp3) is 0.500. The molecule has 1 aliphatic carbocycles. The van der Waals surface area contributed by atoms with E-state index in [1.165, 1.54) is 12.1 Å². The van der Waals surface area contributed by atoms with Crippen LogP contribution in [0.5, 0.6) is 0 Å². The highest BCUT2D eigenvalue weighted by atomic mass is 35.5. The molecule has 1 saturated carbocycles. The molecule has 0 radical (unpaired) electrons. The Morgan fingerprint density at radius 2 is 2.05 bits per heavy atom. The third-order valence-corrected chi connectivity index (χ3v) is 5.85. The number of nitrogens with two attached hydrogens (primary N) is 1. The van der Waals surface area contributed by atoms with E-state index in [1.54, 1.807) is 7.11 Å². The van der Waals surface area contributed by atoms with Gasteiger partial charge in [0.15, 0.2) is 0 Å². The van der Waals surface area contributed by atoms with Crippen molar-refractivity contribution in [2.24, 2.45) is 5.73 Å². The number of hydrogen-bond donors (Lipinski definition) is 2. The molecule has 8 heteroatoms. The van der Waals surface area contributed by atoms with Gasteiger partial charge in [0.05, 0.1) is 11.1 Å². The van der Waals surface area contributed by atoms with Crippen molar-refractivity contribution in [1.82, 2.24) is 4.72 Å². The largest absolute Gasteiger partial charge is 0.381 e. The number of halogens is 2. The number of hydrogen-bond acceptors (Lipinski definition) is 4. The smallest absolute Gasteiger partial charge is 0.242 e. The van der Waals surface area contributed by atoms with Crippen molar-refractivity contribution in [1.29, 1.82) is 0 Å². The van der Waals surface area contributed by atoms with E-state index >= 15 is 0 Å². The average Bonchev–Trinajstić information content (AvgIpc) is 2.33. The molecule has 0 aliphatic heterocycles. The van der Waals surface area contributed by atoms with Crippen LogP contribution in [0.4, 0.5) is 0 Å². The molecule has 0 aromatic heterocycles. The van der Waals surface area contributed by atoms with Gasteiger partial charge >= 0.3 is 0 Å². The highest BCUT2D eigenvalue weighted by Gasteiger charge is 2.33. The number of benzene rings is 1. The zero-order valence-electron chi connectivity index (χ0n) is 10.9. The molecule has 1 aliphatic rings. The van der Waals surface area contributed by atoms with Gasteiger partial charge in [0.2, 0.25) is 10.0 Å². The third-order valence-electron chi connectivity index (χ3n) is 3.39. The van der Waals surface area contributed by atoms with Crippen molar-refractivity contribution in [2.45, 2.75) is 36.4 Å². The lowest BCUT2D eigenvalue weighted by atomic mass is 9.90. The first-order valence-corrected chi connectivity index (χ1v) is 8.35. The molecular formula is C12H16Cl2N2O3S. The van der Waals surface area contributed by atoms with Crippen LogP contribution >= 0.6 is 23.2 Å². The number of nitrogens with one attached hydrogen (secondary N) is 1. The Labute approximate surface area is 128 Å². The van der Waals surface area contributed by atoms with E-state index in [0.29, 0.717) is 23.4 Å². The van der Waals surface area contributed by atoms with Crippen LogP contribution in [0.1, 0.15) is 18.4 Å². The first-order chi connectivity index (χ1) is 9.39. The molecule has 3 N–H and O–H groups in total. The second-order valence-electron chi connectivity index (χ2n) is 4.69. The van der Waals surface area contributed by atoms with Crippen LogP contribution in [0.25, 0.3) is 0 Å². The van der Waals surface area contributed by atoms with Crippen LogP contribution in [0, 0.1) is 0 Å². The number of sulfonamides is 1. The van der Waals surface area contributed by atoms with E-state index in [1.807, 2.05) is 0 Å². The first-order valence-electron chi connectivity index (χ1n) is 6.11. The van der Waals surface area contributed by atoms with Gasteiger partial charge in [0, 0.05) is 30.3 Å². The van der Waals surface area contributed by atoms with Gasteiger partial charge in [-0.3, -0.25) is 0 Å². The molecule has 2 rings (SSSR count). The lowest BCUT2D eigenvalue weighted by Gasteiger charge is -2.34. The van der Waals surface area contributed by atoms with Gasteiger partial charge in [-0.05, 0) is 25.0 Å². The molecule has 0 unspecified atom stereocenters. The van der Waals surface area contributed by atoms with Crippen LogP contribution in [0.15, 0.2) is 17.0 Å². The molecule has 20 heavy (non-hydrogen) atoms. The standard InChI is InChI=1S/C12H16Cl2N2O3S/c1-19-8-4-7(5-8)16-20(17,18)11-3-2-10(13)9(6-15)12(11)14/h2-3,7-8,16H,4-6,15H2,1H3. The maximum atomic E-state index is 12.3. The van der Waals surface area contributed by atoms with Gasteiger partial charge in [-0.15, -0.1) is 0 Å². The van der Waals surface area contributed by atoms with Crippen LogP contribution in [-0.2, 0) is 21.3 Å². The fourth-order valence-corrected chi connectivity index (χ4v) is 4.30. The van der Waals surface area contributed by atoms with Crippen molar-refractivity contribution in [3.05, 3.63) is 27.7 Å². The summed E-state index contributed by atoms with van der Waals surface area (Å²) >= 11 is 12.0. The summed E-state index contributed by atoms with van der Waals surface area (Å²) in [6, 6.07) is 2.75. The van der Waals surface area contributed by atoms with E-state index in [4.69, 9.17) is 33.7 Å². The molecule has 0 heterocycles. The van der Waals surface area contributed by atoms with Crippen LogP contribution < -0.4 is 10.5 Å². The fourth-order valence-electron chi connectivity index (χ4n) is 2.11. The van der Waals surface area contributed by atoms with Crippen molar-refractivity contribution in [3.8, 4) is 0 Å². The molecule has 1 fully saturated rings. The molecular weight excluding hydrogens is 323 g/mol. The Kier molecular flexibility index (Phi) is 4.94. The van der Waals surface area contributed by atoms with Gasteiger partial charge in [-0.1, -0.05) is 23.2 Å². The SMILES string of the molecule is COC1CC(NS(=O)(=O)c2ccc(Cl)c(CN)c2Cl)C1. The topological polar surface area (TPSA) is 81.4 Å².